The molecule has 23 heavy (non-hydrogen) atoms. The highest BCUT2D eigenvalue weighted by Gasteiger charge is 2.15. The molecule has 0 saturated carbocycles. The summed E-state index contributed by atoms with van der Waals surface area (Å²) in [5.41, 5.74) is 2.94. The normalized spacial score (nSPS) is 11.7. The number of hydrogen-bond acceptors (Lipinski definition) is 3. The predicted molar refractivity (Wildman–Crippen MR) is 91.2 cm³/mol. The van der Waals surface area contributed by atoms with Crippen LogP contribution in [0.5, 0.6) is 0 Å². The minimum absolute atomic E-state index is 0.264. The summed E-state index contributed by atoms with van der Waals surface area (Å²) in [6, 6.07) is 11.2. The molecule has 0 aliphatic heterocycles. The first-order chi connectivity index (χ1) is 10.7. The zero-order valence-electron chi connectivity index (χ0n) is 13.5. The fraction of sp³-hybridized carbons (Fsp3) is 0.294. The van der Waals surface area contributed by atoms with Gasteiger partial charge in [0.25, 0.3) is 0 Å². The lowest BCUT2D eigenvalue weighted by Gasteiger charge is -2.16. The summed E-state index contributed by atoms with van der Waals surface area (Å²) in [4.78, 5) is 1.97. The number of rotatable bonds is 6. The van der Waals surface area contributed by atoms with Gasteiger partial charge in [-0.25, -0.2) is 12.8 Å². The number of halogens is 1. The van der Waals surface area contributed by atoms with Crippen LogP contribution in [0, 0.1) is 12.7 Å². The van der Waals surface area contributed by atoms with E-state index in [1.807, 2.05) is 38.1 Å². The molecule has 1 N–H and O–H groups in total. The Morgan fingerprint density at radius 1 is 1.13 bits per heavy atom. The Kier molecular flexibility index (Phi) is 5.38. The van der Waals surface area contributed by atoms with Gasteiger partial charge in [0.1, 0.15) is 5.82 Å². The summed E-state index contributed by atoms with van der Waals surface area (Å²) >= 11 is 0. The molecule has 0 aliphatic carbocycles. The Morgan fingerprint density at radius 2 is 1.87 bits per heavy atom. The number of nitrogens with one attached hydrogen (secondary N) is 1. The third kappa shape index (κ3) is 5.33. The van der Waals surface area contributed by atoms with Crippen LogP contribution in [0.15, 0.2) is 42.5 Å². The fourth-order valence-electron chi connectivity index (χ4n) is 2.34. The molecule has 0 aliphatic rings. The second-order valence-electron chi connectivity index (χ2n) is 5.89. The smallest absolute Gasteiger partial charge is 0.236 e. The number of aryl methyl sites for hydroxylation is 1. The summed E-state index contributed by atoms with van der Waals surface area (Å²) in [6.45, 7) is 2.59. The summed E-state index contributed by atoms with van der Waals surface area (Å²) in [5.74, 6) is -0.707. The van der Waals surface area contributed by atoms with Gasteiger partial charge < -0.3 is 4.90 Å². The van der Waals surface area contributed by atoms with Crippen molar-refractivity contribution in [2.75, 3.05) is 18.8 Å². The van der Waals surface area contributed by atoms with Gasteiger partial charge in [-0.2, -0.15) is 0 Å². The molecule has 0 atom stereocenters. The average Bonchev–Trinajstić information content (AvgIpc) is 2.40. The second kappa shape index (κ2) is 7.10. The summed E-state index contributed by atoms with van der Waals surface area (Å²) < 4.78 is 40.5. The highest BCUT2D eigenvalue weighted by atomic mass is 32.2. The molecule has 0 aromatic heterocycles. The molecule has 0 radical (unpaired) electrons. The predicted octanol–water partition coefficient (Wildman–Crippen LogP) is 3.14. The number of anilines is 1. The van der Waals surface area contributed by atoms with E-state index in [4.69, 9.17) is 0 Å². The standard InChI is InChI=1S/C17H21FN2O2S/c1-13-7-8-17(15(9-13)11-20(2)3)19-23(21,22)12-14-5-4-6-16(18)10-14/h4-10,19H,11-12H2,1-3H3. The van der Waals surface area contributed by atoms with E-state index in [1.165, 1.54) is 18.2 Å². The molecule has 0 spiro atoms. The first-order valence-corrected chi connectivity index (χ1v) is 8.89. The Morgan fingerprint density at radius 3 is 2.52 bits per heavy atom. The first kappa shape index (κ1) is 17.4. The average molecular weight is 336 g/mol. The van der Waals surface area contributed by atoms with E-state index in [1.54, 1.807) is 12.1 Å². The molecule has 0 saturated heterocycles. The van der Waals surface area contributed by atoms with E-state index in [0.717, 1.165) is 11.1 Å². The Labute approximate surface area is 137 Å². The monoisotopic (exact) mass is 336 g/mol. The molecule has 2 aromatic rings. The molecule has 124 valence electrons. The van der Waals surface area contributed by atoms with Crippen molar-refractivity contribution in [3.8, 4) is 0 Å². The number of sulfonamides is 1. The molecule has 2 aromatic carbocycles. The topological polar surface area (TPSA) is 49.4 Å². The van der Waals surface area contributed by atoms with Gasteiger partial charge in [-0.1, -0.05) is 29.8 Å². The quantitative estimate of drug-likeness (QED) is 0.882. The van der Waals surface area contributed by atoms with Crippen molar-refractivity contribution in [3.63, 3.8) is 0 Å². The minimum atomic E-state index is -3.61. The first-order valence-electron chi connectivity index (χ1n) is 7.24. The maximum absolute atomic E-state index is 13.2. The van der Waals surface area contributed by atoms with Gasteiger partial charge in [0.15, 0.2) is 0 Å². The van der Waals surface area contributed by atoms with Gasteiger partial charge in [-0.15, -0.1) is 0 Å². The Bertz CT molecular complexity index is 789. The van der Waals surface area contributed by atoms with E-state index in [-0.39, 0.29) is 5.75 Å². The van der Waals surface area contributed by atoms with Crippen LogP contribution < -0.4 is 4.72 Å². The van der Waals surface area contributed by atoms with Crippen molar-refractivity contribution in [1.29, 1.82) is 0 Å². The van der Waals surface area contributed by atoms with E-state index in [9.17, 15) is 12.8 Å². The maximum atomic E-state index is 13.2. The van der Waals surface area contributed by atoms with Gasteiger partial charge in [-0.3, -0.25) is 4.72 Å². The van der Waals surface area contributed by atoms with Crippen molar-refractivity contribution < 1.29 is 12.8 Å². The highest BCUT2D eigenvalue weighted by molar-refractivity contribution is 7.91. The summed E-state index contributed by atoms with van der Waals surface area (Å²) in [5, 5.41) is 0. The third-order valence-electron chi connectivity index (χ3n) is 3.26. The van der Waals surface area contributed by atoms with Crippen LogP contribution in [0.4, 0.5) is 10.1 Å². The minimum Gasteiger partial charge on any atom is -0.305 e. The second-order valence-corrected chi connectivity index (χ2v) is 7.61. The Hall–Kier alpha value is -1.92. The number of hydrogen-bond donors (Lipinski definition) is 1. The van der Waals surface area contributed by atoms with Crippen LogP contribution in [0.2, 0.25) is 0 Å². The van der Waals surface area contributed by atoms with E-state index < -0.39 is 15.8 Å². The number of benzene rings is 2. The number of nitrogens with zero attached hydrogens (tertiary/aromatic N) is 1. The summed E-state index contributed by atoms with van der Waals surface area (Å²) in [6.07, 6.45) is 0. The lowest BCUT2D eigenvalue weighted by atomic mass is 10.1. The van der Waals surface area contributed by atoms with Crippen LogP contribution in [0.25, 0.3) is 0 Å². The lowest BCUT2D eigenvalue weighted by Crippen LogP contribution is -2.18. The van der Waals surface area contributed by atoms with Gasteiger partial charge in [0.2, 0.25) is 10.0 Å². The lowest BCUT2D eigenvalue weighted by molar-refractivity contribution is 0.403. The molecular weight excluding hydrogens is 315 g/mol. The van der Waals surface area contributed by atoms with Crippen LogP contribution in [0.3, 0.4) is 0 Å². The molecule has 0 fully saturated rings. The van der Waals surface area contributed by atoms with Crippen molar-refractivity contribution in [3.05, 3.63) is 65.0 Å². The van der Waals surface area contributed by atoms with E-state index >= 15 is 0 Å². The molecule has 4 nitrogen and oxygen atoms in total. The zero-order chi connectivity index (χ0) is 17.0. The van der Waals surface area contributed by atoms with Crippen molar-refractivity contribution in [2.24, 2.45) is 0 Å². The molecule has 2 rings (SSSR count). The van der Waals surface area contributed by atoms with Crippen molar-refractivity contribution in [1.82, 2.24) is 4.90 Å². The van der Waals surface area contributed by atoms with Gasteiger partial charge >= 0.3 is 0 Å². The largest absolute Gasteiger partial charge is 0.305 e. The van der Waals surface area contributed by atoms with Crippen LogP contribution in [-0.4, -0.2) is 27.4 Å². The van der Waals surface area contributed by atoms with Crippen LogP contribution in [-0.2, 0) is 22.3 Å². The van der Waals surface area contributed by atoms with Crippen LogP contribution >= 0.6 is 0 Å². The maximum Gasteiger partial charge on any atom is 0.236 e. The Balaban J connectivity index is 2.23. The third-order valence-corrected chi connectivity index (χ3v) is 4.50. The highest BCUT2D eigenvalue weighted by Crippen LogP contribution is 2.21. The van der Waals surface area contributed by atoms with Crippen LogP contribution in [0.1, 0.15) is 16.7 Å². The molecule has 0 bridgehead atoms. The van der Waals surface area contributed by atoms with Crippen molar-refractivity contribution in [2.45, 2.75) is 19.2 Å². The molecule has 6 heteroatoms. The molecule has 0 amide bonds. The SMILES string of the molecule is Cc1ccc(NS(=O)(=O)Cc2cccc(F)c2)c(CN(C)C)c1. The zero-order valence-corrected chi connectivity index (χ0v) is 14.3. The molecular formula is C17H21FN2O2S. The van der Waals surface area contributed by atoms with Crippen molar-refractivity contribution >= 4 is 15.7 Å². The van der Waals surface area contributed by atoms with Gasteiger partial charge in [0, 0.05) is 6.54 Å². The van der Waals surface area contributed by atoms with Gasteiger partial charge in [-0.05, 0) is 50.3 Å². The summed E-state index contributed by atoms with van der Waals surface area (Å²) in [7, 11) is 0.237. The fourth-order valence-corrected chi connectivity index (χ4v) is 3.57. The van der Waals surface area contributed by atoms with E-state index in [2.05, 4.69) is 4.72 Å². The van der Waals surface area contributed by atoms with E-state index in [0.29, 0.717) is 17.8 Å². The van der Waals surface area contributed by atoms with Gasteiger partial charge in [0.05, 0.1) is 11.4 Å². The molecule has 0 heterocycles. The molecule has 0 unspecified atom stereocenters.